The lowest BCUT2D eigenvalue weighted by Crippen LogP contribution is -2.26. The standard InChI is InChI=1S/C11H13ClO4S/c1-6-5-8(12)17(7(6)2)9(10(13)15-3)11(14)16-4/h5H,1-4H3. The van der Waals surface area contributed by atoms with Gasteiger partial charge in [-0.05, 0) is 30.4 Å². The molecule has 1 heterocycles. The van der Waals surface area contributed by atoms with Gasteiger partial charge < -0.3 is 9.47 Å². The van der Waals surface area contributed by atoms with Crippen molar-refractivity contribution in [3.8, 4) is 0 Å². The van der Waals surface area contributed by atoms with Gasteiger partial charge in [0.2, 0.25) is 0 Å². The monoisotopic (exact) mass is 276 g/mol. The number of esters is 2. The molecule has 1 aliphatic rings. The third-order valence-electron chi connectivity index (χ3n) is 2.33. The maximum absolute atomic E-state index is 11.6. The summed E-state index contributed by atoms with van der Waals surface area (Å²) in [6.45, 7) is 3.70. The second-order valence-electron chi connectivity index (χ2n) is 3.31. The number of allylic oxidation sites excluding steroid dienone is 3. The highest BCUT2D eigenvalue weighted by Gasteiger charge is 2.29. The molecule has 0 N–H and O–H groups in total. The maximum Gasteiger partial charge on any atom is 0.351 e. The number of hydrogen-bond acceptors (Lipinski definition) is 4. The molecule has 0 bridgehead atoms. The molecule has 0 fully saturated rings. The smallest absolute Gasteiger partial charge is 0.351 e. The van der Waals surface area contributed by atoms with Gasteiger partial charge >= 0.3 is 11.9 Å². The summed E-state index contributed by atoms with van der Waals surface area (Å²) in [5.74, 6) is -1.42. The lowest BCUT2D eigenvalue weighted by atomic mass is 10.3. The molecule has 0 amide bonds. The second-order valence-corrected chi connectivity index (χ2v) is 6.01. The molecule has 1 unspecified atom stereocenters. The number of methoxy groups -OCH3 is 2. The SMILES string of the molecule is COC(=O)C(C(=O)OC)=S1C(Cl)=CC(C)=C1C. The predicted octanol–water partition coefficient (Wildman–Crippen LogP) is 2.16. The molecule has 1 aliphatic heterocycles. The fourth-order valence-electron chi connectivity index (χ4n) is 1.32. The molecular formula is C11H13ClO4S. The summed E-state index contributed by atoms with van der Waals surface area (Å²) in [7, 11) is 1.56. The van der Waals surface area contributed by atoms with Gasteiger partial charge in [0.1, 0.15) is 0 Å². The van der Waals surface area contributed by atoms with E-state index in [1.165, 1.54) is 14.2 Å². The normalized spacial score (nSPS) is 18.9. The van der Waals surface area contributed by atoms with Crippen molar-refractivity contribution >= 4 is 38.9 Å². The van der Waals surface area contributed by atoms with Gasteiger partial charge in [-0.1, -0.05) is 22.1 Å². The molecule has 0 saturated carbocycles. The van der Waals surface area contributed by atoms with Crippen molar-refractivity contribution in [1.82, 2.24) is 0 Å². The summed E-state index contributed by atoms with van der Waals surface area (Å²) in [6, 6.07) is 0. The first-order chi connectivity index (χ1) is 7.93. The zero-order chi connectivity index (χ0) is 13.2. The van der Waals surface area contributed by atoms with Crippen LogP contribution in [-0.4, -0.2) is 31.0 Å². The summed E-state index contributed by atoms with van der Waals surface area (Å²) < 4.78 is 9.65. The summed E-state index contributed by atoms with van der Waals surface area (Å²) in [4.78, 5) is 24.1. The van der Waals surface area contributed by atoms with Crippen LogP contribution in [0, 0.1) is 0 Å². The summed E-state index contributed by atoms with van der Waals surface area (Å²) in [5.41, 5.74) is 0.948. The lowest BCUT2D eigenvalue weighted by molar-refractivity contribution is -0.137. The van der Waals surface area contributed by atoms with Gasteiger partial charge in [0.25, 0.3) is 0 Å². The fraction of sp³-hybridized carbons (Fsp3) is 0.364. The molecule has 4 nitrogen and oxygen atoms in total. The molecular weight excluding hydrogens is 264 g/mol. The molecule has 0 aromatic heterocycles. The first-order valence-corrected chi connectivity index (χ1v) is 6.36. The first-order valence-electron chi connectivity index (χ1n) is 4.76. The largest absolute Gasteiger partial charge is 0.465 e. The Kier molecular flexibility index (Phi) is 4.54. The molecule has 1 rings (SSSR count). The van der Waals surface area contributed by atoms with Crippen LogP contribution in [0.1, 0.15) is 13.8 Å². The van der Waals surface area contributed by atoms with Crippen LogP contribution in [0.4, 0.5) is 0 Å². The average molecular weight is 277 g/mol. The Morgan fingerprint density at radius 3 is 1.94 bits per heavy atom. The van der Waals surface area contributed by atoms with Gasteiger partial charge in [-0.15, -0.1) is 0 Å². The van der Waals surface area contributed by atoms with Crippen molar-refractivity contribution in [2.45, 2.75) is 13.8 Å². The minimum Gasteiger partial charge on any atom is -0.465 e. The van der Waals surface area contributed by atoms with E-state index in [9.17, 15) is 9.59 Å². The van der Waals surface area contributed by atoms with E-state index in [-0.39, 0.29) is 4.86 Å². The molecule has 6 heteroatoms. The number of carbonyl (C=O) groups is 2. The van der Waals surface area contributed by atoms with Crippen molar-refractivity contribution in [3.05, 3.63) is 20.9 Å². The van der Waals surface area contributed by atoms with E-state index in [0.29, 0.717) is 4.36 Å². The fourth-order valence-corrected chi connectivity index (χ4v) is 4.04. The number of carbonyl (C=O) groups excluding carboxylic acids is 2. The van der Waals surface area contributed by atoms with Crippen LogP contribution in [-0.2, 0) is 19.1 Å². The van der Waals surface area contributed by atoms with E-state index in [2.05, 4.69) is 9.47 Å². The molecule has 17 heavy (non-hydrogen) atoms. The van der Waals surface area contributed by atoms with Crippen molar-refractivity contribution in [2.75, 3.05) is 14.2 Å². The Bertz CT molecular complexity index is 456. The van der Waals surface area contributed by atoms with Gasteiger partial charge in [-0.25, -0.2) is 9.59 Å². The zero-order valence-corrected chi connectivity index (χ0v) is 11.6. The van der Waals surface area contributed by atoms with E-state index in [4.69, 9.17) is 11.6 Å². The minimum absolute atomic E-state index is 0.0643. The van der Waals surface area contributed by atoms with Crippen LogP contribution in [0.5, 0.6) is 0 Å². The van der Waals surface area contributed by atoms with Crippen molar-refractivity contribution in [2.24, 2.45) is 0 Å². The molecule has 94 valence electrons. The predicted molar refractivity (Wildman–Crippen MR) is 68.9 cm³/mol. The molecule has 0 saturated heterocycles. The quantitative estimate of drug-likeness (QED) is 0.441. The van der Waals surface area contributed by atoms with Crippen molar-refractivity contribution in [3.63, 3.8) is 0 Å². The Hall–Kier alpha value is -1.07. The van der Waals surface area contributed by atoms with Gasteiger partial charge in [0.15, 0.2) is 4.86 Å². The Balaban J connectivity index is 3.45. The molecule has 0 radical (unpaired) electrons. The van der Waals surface area contributed by atoms with E-state index in [0.717, 1.165) is 10.5 Å². The van der Waals surface area contributed by atoms with Crippen LogP contribution < -0.4 is 0 Å². The van der Waals surface area contributed by atoms with Crippen LogP contribution in [0.15, 0.2) is 20.9 Å². The summed E-state index contributed by atoms with van der Waals surface area (Å²) in [6.07, 6.45) is 1.74. The molecule has 0 aliphatic carbocycles. The van der Waals surface area contributed by atoms with Gasteiger partial charge in [0, 0.05) is 0 Å². The second kappa shape index (κ2) is 5.51. The maximum atomic E-state index is 11.6. The molecule has 1 atom stereocenters. The van der Waals surface area contributed by atoms with E-state index in [1.807, 2.05) is 13.8 Å². The van der Waals surface area contributed by atoms with Gasteiger partial charge in [-0.2, -0.15) is 0 Å². The van der Waals surface area contributed by atoms with Crippen LogP contribution in [0.25, 0.3) is 0 Å². The highest BCUT2D eigenvalue weighted by Crippen LogP contribution is 2.45. The van der Waals surface area contributed by atoms with Crippen LogP contribution in [0.2, 0.25) is 0 Å². The Morgan fingerprint density at radius 2 is 1.65 bits per heavy atom. The summed E-state index contributed by atoms with van der Waals surface area (Å²) in [5, 5.41) is 0. The topological polar surface area (TPSA) is 52.6 Å². The molecule has 0 spiro atoms. The number of hydrogen-bond donors (Lipinski definition) is 0. The van der Waals surface area contributed by atoms with Crippen LogP contribution >= 0.6 is 22.1 Å². The first kappa shape index (κ1) is 14.0. The van der Waals surface area contributed by atoms with E-state index < -0.39 is 22.4 Å². The zero-order valence-electron chi connectivity index (χ0n) is 10.00. The van der Waals surface area contributed by atoms with Gasteiger partial charge in [0.05, 0.1) is 18.6 Å². The number of ether oxygens (including phenoxy) is 2. The highest BCUT2D eigenvalue weighted by atomic mass is 35.5. The highest BCUT2D eigenvalue weighted by molar-refractivity contribution is 8.25. The van der Waals surface area contributed by atoms with E-state index in [1.54, 1.807) is 6.08 Å². The number of rotatable bonds is 2. The summed E-state index contributed by atoms with van der Waals surface area (Å²) >= 11 is 6.06. The third-order valence-corrected chi connectivity index (χ3v) is 5.09. The Morgan fingerprint density at radius 1 is 1.18 bits per heavy atom. The Labute approximate surface area is 107 Å². The van der Waals surface area contributed by atoms with Crippen LogP contribution in [0.3, 0.4) is 0 Å². The molecule has 0 aromatic carbocycles. The average Bonchev–Trinajstić information content (AvgIpc) is 2.55. The van der Waals surface area contributed by atoms with Gasteiger partial charge in [-0.3, -0.25) is 0 Å². The van der Waals surface area contributed by atoms with Crippen molar-refractivity contribution in [1.29, 1.82) is 0 Å². The minimum atomic E-state index is -0.871. The van der Waals surface area contributed by atoms with Crippen molar-refractivity contribution < 1.29 is 19.1 Å². The lowest BCUT2D eigenvalue weighted by Gasteiger charge is -2.10. The number of halogens is 1. The third kappa shape index (κ3) is 2.61. The van der Waals surface area contributed by atoms with E-state index >= 15 is 0 Å². The molecule has 0 aromatic rings.